The lowest BCUT2D eigenvalue weighted by molar-refractivity contribution is 0.238. The van der Waals surface area contributed by atoms with Crippen molar-refractivity contribution in [1.29, 1.82) is 0 Å². The van der Waals surface area contributed by atoms with Crippen molar-refractivity contribution in [2.24, 2.45) is 11.3 Å². The first-order valence-corrected chi connectivity index (χ1v) is 7.62. The molecule has 1 fully saturated rings. The van der Waals surface area contributed by atoms with Crippen LogP contribution >= 0.6 is 0 Å². The lowest BCUT2D eigenvalue weighted by atomic mass is 9.91. The fraction of sp³-hybridized carbons (Fsp3) is 0.647. The first-order valence-electron chi connectivity index (χ1n) is 7.62. The summed E-state index contributed by atoms with van der Waals surface area (Å²) < 4.78 is 6.02. The highest BCUT2D eigenvalue weighted by Gasteiger charge is 2.31. The van der Waals surface area contributed by atoms with Crippen LogP contribution in [0.5, 0.6) is 5.75 Å². The zero-order chi connectivity index (χ0) is 13.3. The largest absolute Gasteiger partial charge is 0.493 e. The van der Waals surface area contributed by atoms with E-state index >= 15 is 0 Å². The van der Waals surface area contributed by atoms with Gasteiger partial charge < -0.3 is 10.1 Å². The zero-order valence-corrected chi connectivity index (χ0v) is 12.2. The Hall–Kier alpha value is -1.18. The van der Waals surface area contributed by atoms with E-state index in [0.29, 0.717) is 5.41 Å². The predicted molar refractivity (Wildman–Crippen MR) is 79.9 cm³/mol. The van der Waals surface area contributed by atoms with Crippen LogP contribution in [0.25, 0.3) is 0 Å². The second-order valence-corrected chi connectivity index (χ2v) is 6.93. The van der Waals surface area contributed by atoms with Crippen LogP contribution in [0.1, 0.15) is 45.1 Å². The predicted octanol–water partition coefficient (Wildman–Crippen LogP) is 4.25. The topological polar surface area (TPSA) is 21.3 Å². The molecule has 1 saturated carbocycles. The lowest BCUT2D eigenvalue weighted by Crippen LogP contribution is -2.13. The van der Waals surface area contributed by atoms with E-state index in [1.807, 2.05) is 0 Å². The second-order valence-electron chi connectivity index (χ2n) is 6.93. The third-order valence-corrected chi connectivity index (χ3v) is 4.57. The summed E-state index contributed by atoms with van der Waals surface area (Å²) in [7, 11) is 0. The highest BCUT2D eigenvalue weighted by molar-refractivity contribution is 5.55. The molecule has 0 radical (unpaired) electrons. The Morgan fingerprint density at radius 3 is 3.05 bits per heavy atom. The van der Waals surface area contributed by atoms with Gasteiger partial charge in [0, 0.05) is 12.2 Å². The molecule has 2 heteroatoms. The van der Waals surface area contributed by atoms with Crippen LogP contribution in [0.4, 0.5) is 5.69 Å². The Morgan fingerprint density at radius 2 is 2.26 bits per heavy atom. The summed E-state index contributed by atoms with van der Waals surface area (Å²) in [6, 6.07) is 6.50. The maximum Gasteiger partial charge on any atom is 0.119 e. The summed E-state index contributed by atoms with van der Waals surface area (Å²) >= 11 is 0. The number of hydrogen-bond donors (Lipinski definition) is 1. The van der Waals surface area contributed by atoms with Gasteiger partial charge in [-0.3, -0.25) is 0 Å². The molecular formula is C17H25NO. The van der Waals surface area contributed by atoms with E-state index in [2.05, 4.69) is 37.4 Å². The number of ether oxygens (including phenoxy) is 1. The first kappa shape index (κ1) is 12.8. The molecule has 19 heavy (non-hydrogen) atoms. The molecule has 0 saturated heterocycles. The van der Waals surface area contributed by atoms with Gasteiger partial charge in [-0.25, -0.2) is 0 Å². The minimum Gasteiger partial charge on any atom is -0.493 e. The summed E-state index contributed by atoms with van der Waals surface area (Å²) in [6.45, 7) is 6.73. The van der Waals surface area contributed by atoms with Crippen molar-refractivity contribution in [3.8, 4) is 5.75 Å². The van der Waals surface area contributed by atoms with Crippen LogP contribution in [-0.2, 0) is 6.42 Å². The van der Waals surface area contributed by atoms with Gasteiger partial charge in [-0.05, 0) is 67.2 Å². The van der Waals surface area contributed by atoms with Gasteiger partial charge in [0.25, 0.3) is 0 Å². The van der Waals surface area contributed by atoms with Crippen molar-refractivity contribution in [1.82, 2.24) is 0 Å². The average molecular weight is 259 g/mol. The summed E-state index contributed by atoms with van der Waals surface area (Å²) in [6.07, 6.45) is 6.37. The van der Waals surface area contributed by atoms with Gasteiger partial charge in [-0.2, -0.15) is 0 Å². The van der Waals surface area contributed by atoms with Gasteiger partial charge in [-0.15, -0.1) is 0 Å². The van der Waals surface area contributed by atoms with Gasteiger partial charge in [0.1, 0.15) is 5.75 Å². The van der Waals surface area contributed by atoms with E-state index in [4.69, 9.17) is 4.74 Å². The number of benzene rings is 1. The van der Waals surface area contributed by atoms with Crippen LogP contribution in [0.3, 0.4) is 0 Å². The Morgan fingerprint density at radius 1 is 1.37 bits per heavy atom. The number of anilines is 1. The number of hydrogen-bond acceptors (Lipinski definition) is 2. The van der Waals surface area contributed by atoms with Crippen LogP contribution in [0.15, 0.2) is 18.2 Å². The molecule has 0 amide bonds. The normalized spacial score (nSPS) is 24.6. The van der Waals surface area contributed by atoms with Crippen molar-refractivity contribution in [3.05, 3.63) is 23.8 Å². The minimum atomic E-state index is 0.522. The van der Waals surface area contributed by atoms with Crippen molar-refractivity contribution >= 4 is 5.69 Å². The Labute approximate surface area is 116 Å². The Kier molecular flexibility index (Phi) is 3.42. The van der Waals surface area contributed by atoms with E-state index in [1.165, 1.54) is 43.4 Å². The third-order valence-electron chi connectivity index (χ3n) is 4.57. The highest BCUT2D eigenvalue weighted by Crippen LogP contribution is 2.41. The zero-order valence-electron chi connectivity index (χ0n) is 12.2. The molecule has 0 spiro atoms. The van der Waals surface area contributed by atoms with E-state index in [-0.39, 0.29) is 0 Å². The van der Waals surface area contributed by atoms with E-state index in [9.17, 15) is 0 Å². The van der Waals surface area contributed by atoms with Crippen LogP contribution in [0, 0.1) is 11.3 Å². The number of fused-ring (bicyclic) bond motifs is 1. The Balaban J connectivity index is 1.58. The molecule has 1 atom stereocenters. The quantitative estimate of drug-likeness (QED) is 0.876. The van der Waals surface area contributed by atoms with Crippen LogP contribution < -0.4 is 10.1 Å². The molecule has 1 unspecified atom stereocenters. The Bertz CT molecular complexity index is 453. The molecule has 1 N–H and O–H groups in total. The van der Waals surface area contributed by atoms with Crippen LogP contribution in [-0.4, -0.2) is 13.2 Å². The number of nitrogens with one attached hydrogen (secondary N) is 1. The molecular weight excluding hydrogens is 234 g/mol. The van der Waals surface area contributed by atoms with Crippen LogP contribution in [0.2, 0.25) is 0 Å². The molecule has 0 bridgehead atoms. The van der Waals surface area contributed by atoms with Gasteiger partial charge in [-0.1, -0.05) is 13.8 Å². The molecule has 2 aliphatic rings. The molecule has 1 aliphatic heterocycles. The van der Waals surface area contributed by atoms with Gasteiger partial charge in [0.05, 0.1) is 6.61 Å². The van der Waals surface area contributed by atoms with Gasteiger partial charge in [0.15, 0.2) is 0 Å². The molecule has 0 aromatic heterocycles. The summed E-state index contributed by atoms with van der Waals surface area (Å²) in [5, 5.41) is 3.44. The number of rotatable bonds is 3. The van der Waals surface area contributed by atoms with Crippen molar-refractivity contribution in [3.63, 3.8) is 0 Å². The molecule has 3 rings (SSSR count). The second kappa shape index (κ2) is 5.07. The SMILES string of the molecule is CC1(C)CCC(COc2ccc3c(c2)CCCN3)C1. The molecule has 1 aromatic rings. The van der Waals surface area contributed by atoms with Crippen molar-refractivity contribution in [2.75, 3.05) is 18.5 Å². The van der Waals surface area contributed by atoms with Crippen molar-refractivity contribution in [2.45, 2.75) is 46.0 Å². The standard InChI is InChI=1S/C17H25NO/c1-17(2)8-7-13(11-17)12-19-15-5-6-16-14(10-15)4-3-9-18-16/h5-6,10,13,18H,3-4,7-9,11-12H2,1-2H3. The first-order chi connectivity index (χ1) is 9.12. The van der Waals surface area contributed by atoms with E-state index in [1.54, 1.807) is 0 Å². The highest BCUT2D eigenvalue weighted by atomic mass is 16.5. The fourth-order valence-electron chi connectivity index (χ4n) is 3.48. The molecule has 1 aliphatic carbocycles. The lowest BCUT2D eigenvalue weighted by Gasteiger charge is -2.20. The summed E-state index contributed by atoms with van der Waals surface area (Å²) in [4.78, 5) is 0. The molecule has 2 nitrogen and oxygen atoms in total. The molecule has 1 aromatic carbocycles. The fourth-order valence-corrected chi connectivity index (χ4v) is 3.48. The summed E-state index contributed by atoms with van der Waals surface area (Å²) in [5.41, 5.74) is 3.23. The number of aryl methyl sites for hydroxylation is 1. The third kappa shape index (κ3) is 3.05. The average Bonchev–Trinajstić information content (AvgIpc) is 2.76. The smallest absolute Gasteiger partial charge is 0.119 e. The van der Waals surface area contributed by atoms with Crippen molar-refractivity contribution < 1.29 is 4.74 Å². The molecule has 104 valence electrons. The summed E-state index contributed by atoms with van der Waals surface area (Å²) in [5.74, 6) is 1.79. The monoisotopic (exact) mass is 259 g/mol. The molecule has 1 heterocycles. The maximum absolute atomic E-state index is 6.02. The maximum atomic E-state index is 6.02. The van der Waals surface area contributed by atoms with Gasteiger partial charge in [0.2, 0.25) is 0 Å². The van der Waals surface area contributed by atoms with Gasteiger partial charge >= 0.3 is 0 Å². The van der Waals surface area contributed by atoms with E-state index in [0.717, 1.165) is 24.8 Å². The minimum absolute atomic E-state index is 0.522. The van der Waals surface area contributed by atoms with E-state index < -0.39 is 0 Å².